The molecule has 3 heteroatoms. The Balaban J connectivity index is 0.00000144. The van der Waals surface area contributed by atoms with Gasteiger partial charge in [0.05, 0.1) is 12.7 Å². The average Bonchev–Trinajstić information content (AvgIpc) is 2.49. The predicted octanol–water partition coefficient (Wildman–Crippen LogP) is 3.20. The molecule has 0 aromatic rings. The second kappa shape index (κ2) is 5.07. The highest BCUT2D eigenvalue weighted by Crippen LogP contribution is 2.66. The highest BCUT2D eigenvalue weighted by molar-refractivity contribution is 5.85. The van der Waals surface area contributed by atoms with Crippen LogP contribution in [0.15, 0.2) is 0 Å². The van der Waals surface area contributed by atoms with Crippen molar-refractivity contribution >= 4 is 12.4 Å². The van der Waals surface area contributed by atoms with E-state index in [1.807, 2.05) is 0 Å². The second-order valence-electron chi connectivity index (χ2n) is 6.77. The summed E-state index contributed by atoms with van der Waals surface area (Å²) in [5.74, 6) is 0.891. The fourth-order valence-electron chi connectivity index (χ4n) is 3.76. The summed E-state index contributed by atoms with van der Waals surface area (Å²) in [7, 11) is 4.21. The Morgan fingerprint density at radius 1 is 1.24 bits per heavy atom. The van der Waals surface area contributed by atoms with Crippen molar-refractivity contribution in [1.82, 2.24) is 4.90 Å². The van der Waals surface area contributed by atoms with Crippen molar-refractivity contribution in [3.05, 3.63) is 0 Å². The first-order chi connectivity index (χ1) is 7.38. The lowest BCUT2D eigenvalue weighted by molar-refractivity contribution is -0.0495. The predicted molar refractivity (Wildman–Crippen MR) is 74.8 cm³/mol. The minimum atomic E-state index is 0. The van der Waals surface area contributed by atoms with E-state index in [1.54, 1.807) is 0 Å². The molecular formula is C14H28ClNO. The smallest absolute Gasteiger partial charge is 0.0637 e. The largest absolute Gasteiger partial charge is 0.376 e. The minimum absolute atomic E-state index is 0. The molecule has 0 spiro atoms. The maximum atomic E-state index is 6.14. The first-order valence-electron chi connectivity index (χ1n) is 6.64. The van der Waals surface area contributed by atoms with Crippen molar-refractivity contribution in [2.75, 3.05) is 27.2 Å². The molecule has 3 atom stereocenters. The number of ether oxygens (including phenoxy) is 1. The molecule has 0 amide bonds. The Labute approximate surface area is 112 Å². The molecule has 2 aliphatic carbocycles. The van der Waals surface area contributed by atoms with Gasteiger partial charge in [0.2, 0.25) is 0 Å². The van der Waals surface area contributed by atoms with Crippen molar-refractivity contribution in [1.29, 1.82) is 0 Å². The quantitative estimate of drug-likeness (QED) is 0.771. The van der Waals surface area contributed by atoms with Crippen molar-refractivity contribution in [2.24, 2.45) is 16.7 Å². The van der Waals surface area contributed by atoms with Crippen LogP contribution in [0.3, 0.4) is 0 Å². The molecule has 0 aromatic carbocycles. The van der Waals surface area contributed by atoms with E-state index in [-0.39, 0.29) is 12.4 Å². The third-order valence-corrected chi connectivity index (χ3v) is 5.57. The summed E-state index contributed by atoms with van der Waals surface area (Å²) in [6.45, 7) is 9.26. The third-order valence-electron chi connectivity index (χ3n) is 5.57. The van der Waals surface area contributed by atoms with Crippen LogP contribution in [0.1, 0.15) is 40.0 Å². The van der Waals surface area contributed by atoms with Gasteiger partial charge in [0.1, 0.15) is 0 Å². The lowest BCUT2D eigenvalue weighted by atomic mass is 9.70. The lowest BCUT2D eigenvalue weighted by Crippen LogP contribution is -2.38. The summed E-state index contributed by atoms with van der Waals surface area (Å²) in [5.41, 5.74) is 0.903. The number of hydrogen-bond acceptors (Lipinski definition) is 2. The Morgan fingerprint density at radius 2 is 1.88 bits per heavy atom. The molecule has 0 aliphatic heterocycles. The highest BCUT2D eigenvalue weighted by atomic mass is 35.5. The molecule has 102 valence electrons. The Morgan fingerprint density at radius 3 is 2.29 bits per heavy atom. The van der Waals surface area contributed by atoms with Gasteiger partial charge in [0.25, 0.3) is 0 Å². The summed E-state index contributed by atoms with van der Waals surface area (Å²) in [5, 5.41) is 0. The summed E-state index contributed by atoms with van der Waals surface area (Å²) < 4.78 is 6.14. The van der Waals surface area contributed by atoms with E-state index in [0.717, 1.165) is 19.1 Å². The molecule has 2 saturated carbocycles. The zero-order valence-corrected chi connectivity index (χ0v) is 12.8. The molecule has 0 heterocycles. The van der Waals surface area contributed by atoms with E-state index < -0.39 is 0 Å². The summed E-state index contributed by atoms with van der Waals surface area (Å²) in [6.07, 6.45) is 4.56. The Kier molecular flexibility index (Phi) is 4.55. The molecule has 2 fully saturated rings. The fraction of sp³-hybridized carbons (Fsp3) is 1.00. The molecule has 0 saturated heterocycles. The zero-order valence-electron chi connectivity index (χ0n) is 12.0. The minimum Gasteiger partial charge on any atom is -0.376 e. The molecule has 0 N–H and O–H groups in total. The lowest BCUT2D eigenvalue weighted by Gasteiger charge is -2.39. The molecular weight excluding hydrogens is 234 g/mol. The number of hydrogen-bond donors (Lipinski definition) is 0. The van der Waals surface area contributed by atoms with Crippen molar-refractivity contribution in [2.45, 2.75) is 46.1 Å². The number of halogens is 1. The highest BCUT2D eigenvalue weighted by Gasteiger charge is 2.61. The van der Waals surface area contributed by atoms with Gasteiger partial charge in [0.15, 0.2) is 0 Å². The summed E-state index contributed by atoms with van der Waals surface area (Å²) in [6, 6.07) is 0. The molecule has 3 unspecified atom stereocenters. The van der Waals surface area contributed by atoms with Crippen molar-refractivity contribution in [3.8, 4) is 0 Å². The van der Waals surface area contributed by atoms with Gasteiger partial charge in [-0.2, -0.15) is 0 Å². The maximum Gasteiger partial charge on any atom is 0.0637 e. The molecule has 17 heavy (non-hydrogen) atoms. The van der Waals surface area contributed by atoms with Gasteiger partial charge >= 0.3 is 0 Å². The van der Waals surface area contributed by atoms with E-state index >= 15 is 0 Å². The maximum absolute atomic E-state index is 6.14. The molecule has 2 rings (SSSR count). The van der Waals surface area contributed by atoms with Gasteiger partial charge < -0.3 is 9.64 Å². The van der Waals surface area contributed by atoms with Crippen LogP contribution in [0, 0.1) is 16.7 Å². The molecule has 2 bridgehead atoms. The van der Waals surface area contributed by atoms with Crippen LogP contribution < -0.4 is 0 Å². The van der Waals surface area contributed by atoms with Crippen molar-refractivity contribution in [3.63, 3.8) is 0 Å². The van der Waals surface area contributed by atoms with Gasteiger partial charge in [-0.25, -0.2) is 0 Å². The molecule has 0 aromatic heterocycles. The fourth-order valence-corrected chi connectivity index (χ4v) is 3.76. The first kappa shape index (κ1) is 15.3. The number of likely N-dealkylation sites (N-methyl/N-ethyl adjacent to an activating group) is 1. The van der Waals surface area contributed by atoms with Gasteiger partial charge in [0, 0.05) is 6.54 Å². The van der Waals surface area contributed by atoms with Crippen LogP contribution in [0.4, 0.5) is 0 Å². The van der Waals surface area contributed by atoms with Crippen molar-refractivity contribution < 1.29 is 4.74 Å². The van der Waals surface area contributed by atoms with Gasteiger partial charge in [-0.15, -0.1) is 12.4 Å². The molecule has 2 nitrogen and oxygen atoms in total. The van der Waals surface area contributed by atoms with Gasteiger partial charge in [-0.3, -0.25) is 0 Å². The number of fused-ring (bicyclic) bond motifs is 2. The first-order valence-corrected chi connectivity index (χ1v) is 6.64. The van der Waals surface area contributed by atoms with E-state index in [4.69, 9.17) is 4.74 Å². The second-order valence-corrected chi connectivity index (χ2v) is 6.77. The van der Waals surface area contributed by atoms with Gasteiger partial charge in [-0.1, -0.05) is 20.8 Å². The van der Waals surface area contributed by atoms with Crippen LogP contribution in [0.25, 0.3) is 0 Å². The third kappa shape index (κ3) is 2.36. The van der Waals surface area contributed by atoms with Crippen LogP contribution in [0.5, 0.6) is 0 Å². The topological polar surface area (TPSA) is 12.5 Å². The SMILES string of the molecule is CN(C)CCOC1CC2CCC1(C)C2(C)C.Cl. The normalized spacial score (nSPS) is 38.5. The monoisotopic (exact) mass is 261 g/mol. The Hall–Kier alpha value is 0.210. The standard InChI is InChI=1S/C14H27NO.ClH/c1-13(2)11-6-7-14(13,3)12(10-11)16-9-8-15(4)5;/h11-12H,6-10H2,1-5H3;1H. The van der Waals surface area contributed by atoms with E-state index in [9.17, 15) is 0 Å². The van der Waals surface area contributed by atoms with E-state index in [1.165, 1.54) is 19.3 Å². The average molecular weight is 262 g/mol. The van der Waals surface area contributed by atoms with E-state index in [2.05, 4.69) is 39.8 Å². The molecule has 0 radical (unpaired) electrons. The van der Waals surface area contributed by atoms with Crippen LogP contribution >= 0.6 is 12.4 Å². The van der Waals surface area contributed by atoms with Crippen LogP contribution in [0.2, 0.25) is 0 Å². The zero-order chi connectivity index (χ0) is 12.0. The van der Waals surface area contributed by atoms with E-state index in [0.29, 0.717) is 16.9 Å². The summed E-state index contributed by atoms with van der Waals surface area (Å²) >= 11 is 0. The number of rotatable bonds is 4. The van der Waals surface area contributed by atoms with Crippen LogP contribution in [-0.2, 0) is 4.74 Å². The summed E-state index contributed by atoms with van der Waals surface area (Å²) in [4.78, 5) is 2.20. The van der Waals surface area contributed by atoms with Crippen LogP contribution in [-0.4, -0.2) is 38.3 Å². The Bertz CT molecular complexity index is 267. The molecule has 2 aliphatic rings. The van der Waals surface area contributed by atoms with Gasteiger partial charge in [-0.05, 0) is 50.1 Å². The number of nitrogens with zero attached hydrogens (tertiary/aromatic N) is 1.